The molecule has 1 heterocycles. The van der Waals surface area contributed by atoms with Crippen LogP contribution in [0.4, 0.5) is 0 Å². The molecule has 0 aliphatic rings. The lowest BCUT2D eigenvalue weighted by atomic mass is 10.1. The first-order valence-electron chi connectivity index (χ1n) is 8.44. The fourth-order valence-electron chi connectivity index (χ4n) is 2.20. The highest BCUT2D eigenvalue weighted by molar-refractivity contribution is 5.89. The minimum Gasteiger partial charge on any atom is -0.469 e. The number of rotatable bonds is 8. The number of carbonyl (C=O) groups is 1. The first kappa shape index (κ1) is 19.3. The van der Waals surface area contributed by atoms with Crippen molar-refractivity contribution in [3.63, 3.8) is 0 Å². The Balaban J connectivity index is 1.94. The molecule has 0 saturated heterocycles. The molecule has 0 fully saturated rings. The van der Waals surface area contributed by atoms with Gasteiger partial charge in [0.05, 0.1) is 25.5 Å². The van der Waals surface area contributed by atoms with Crippen molar-refractivity contribution in [2.24, 2.45) is 4.99 Å². The second kappa shape index (κ2) is 10.1. The molecule has 1 aromatic heterocycles. The molecule has 0 atom stereocenters. The van der Waals surface area contributed by atoms with Crippen LogP contribution in [-0.4, -0.2) is 32.1 Å². The zero-order chi connectivity index (χ0) is 18.8. The van der Waals surface area contributed by atoms with Gasteiger partial charge >= 0.3 is 5.97 Å². The van der Waals surface area contributed by atoms with Crippen molar-refractivity contribution in [2.45, 2.75) is 19.9 Å². The smallest absolute Gasteiger partial charge is 0.337 e. The molecule has 0 bridgehead atoms. The number of guanidine groups is 1. The lowest BCUT2D eigenvalue weighted by Crippen LogP contribution is -2.39. The summed E-state index contributed by atoms with van der Waals surface area (Å²) >= 11 is 0. The molecule has 6 heteroatoms. The van der Waals surface area contributed by atoms with Gasteiger partial charge in [0.25, 0.3) is 0 Å². The lowest BCUT2D eigenvalue weighted by Gasteiger charge is -2.12. The van der Waals surface area contributed by atoms with Gasteiger partial charge in [-0.2, -0.15) is 0 Å². The molecule has 0 radical (unpaired) electrons. The average molecular weight is 355 g/mol. The molecule has 6 nitrogen and oxygen atoms in total. The summed E-state index contributed by atoms with van der Waals surface area (Å²) in [5.41, 5.74) is 2.55. The molecule has 138 valence electrons. The van der Waals surface area contributed by atoms with Gasteiger partial charge in [-0.1, -0.05) is 24.3 Å². The third kappa shape index (κ3) is 6.47. The predicted octanol–water partition coefficient (Wildman–Crippen LogP) is 2.92. The molecule has 2 aromatic rings. The van der Waals surface area contributed by atoms with Gasteiger partial charge in [-0.3, -0.25) is 0 Å². The highest BCUT2D eigenvalue weighted by atomic mass is 16.5. The van der Waals surface area contributed by atoms with Crippen LogP contribution < -0.4 is 10.6 Å². The molecule has 0 aliphatic carbocycles. The molecule has 26 heavy (non-hydrogen) atoms. The van der Waals surface area contributed by atoms with E-state index in [1.54, 1.807) is 18.4 Å². The number of nitrogens with one attached hydrogen (secondary N) is 2. The number of methoxy groups -OCH3 is 1. The Hall–Kier alpha value is -3.02. The Labute approximate surface area is 154 Å². The van der Waals surface area contributed by atoms with Crippen LogP contribution in [0.3, 0.4) is 0 Å². The van der Waals surface area contributed by atoms with Gasteiger partial charge in [0, 0.05) is 19.5 Å². The number of benzene rings is 1. The van der Waals surface area contributed by atoms with E-state index in [1.165, 1.54) is 7.11 Å². The summed E-state index contributed by atoms with van der Waals surface area (Å²) in [4.78, 5) is 16.1. The Morgan fingerprint density at radius 1 is 1.23 bits per heavy atom. The molecule has 1 aromatic carbocycles. The summed E-state index contributed by atoms with van der Waals surface area (Å²) in [6, 6.07) is 11.0. The van der Waals surface area contributed by atoms with Crippen molar-refractivity contribution >= 4 is 11.9 Å². The van der Waals surface area contributed by atoms with Gasteiger partial charge in [-0.15, -0.1) is 0 Å². The second-order valence-electron chi connectivity index (χ2n) is 5.92. The Kier molecular flexibility index (Phi) is 7.49. The van der Waals surface area contributed by atoms with E-state index in [4.69, 9.17) is 9.15 Å². The summed E-state index contributed by atoms with van der Waals surface area (Å²) in [6.45, 7) is 7.70. The number of ether oxygens (including phenoxy) is 1. The van der Waals surface area contributed by atoms with E-state index >= 15 is 0 Å². The lowest BCUT2D eigenvalue weighted by molar-refractivity contribution is 0.0600. The molecule has 0 amide bonds. The predicted molar refractivity (Wildman–Crippen MR) is 102 cm³/mol. The van der Waals surface area contributed by atoms with Gasteiger partial charge in [0.1, 0.15) is 5.76 Å². The molecule has 0 aliphatic heterocycles. The number of furan rings is 1. The van der Waals surface area contributed by atoms with E-state index in [9.17, 15) is 4.79 Å². The van der Waals surface area contributed by atoms with Crippen molar-refractivity contribution < 1.29 is 13.9 Å². The van der Waals surface area contributed by atoms with Crippen LogP contribution in [0.5, 0.6) is 0 Å². The van der Waals surface area contributed by atoms with Gasteiger partial charge in [0.2, 0.25) is 0 Å². The van der Waals surface area contributed by atoms with E-state index in [1.807, 2.05) is 31.2 Å². The largest absolute Gasteiger partial charge is 0.469 e. The number of aliphatic imine (C=N–C) groups is 1. The van der Waals surface area contributed by atoms with Crippen molar-refractivity contribution in [3.05, 3.63) is 71.7 Å². The van der Waals surface area contributed by atoms with Crippen molar-refractivity contribution in [1.82, 2.24) is 10.6 Å². The third-order valence-corrected chi connectivity index (χ3v) is 3.60. The van der Waals surface area contributed by atoms with Crippen LogP contribution in [-0.2, 0) is 17.7 Å². The summed E-state index contributed by atoms with van der Waals surface area (Å²) in [7, 11) is 1.37. The first-order valence-corrected chi connectivity index (χ1v) is 8.44. The number of carbonyl (C=O) groups excluding carboxylic acids is 1. The number of hydrogen-bond acceptors (Lipinski definition) is 4. The van der Waals surface area contributed by atoms with Crippen LogP contribution >= 0.6 is 0 Å². The van der Waals surface area contributed by atoms with E-state index in [2.05, 4.69) is 22.2 Å². The normalized spacial score (nSPS) is 11.1. The van der Waals surface area contributed by atoms with Gasteiger partial charge < -0.3 is 19.8 Å². The molecule has 2 N–H and O–H groups in total. The number of nitrogens with zero attached hydrogens (tertiary/aromatic N) is 1. The maximum Gasteiger partial charge on any atom is 0.337 e. The van der Waals surface area contributed by atoms with Crippen molar-refractivity contribution in [1.29, 1.82) is 0 Å². The van der Waals surface area contributed by atoms with Crippen molar-refractivity contribution in [3.8, 4) is 0 Å². The summed E-state index contributed by atoms with van der Waals surface area (Å²) in [5.74, 6) is 1.29. The van der Waals surface area contributed by atoms with E-state index in [0.29, 0.717) is 31.2 Å². The number of hydrogen-bond donors (Lipinski definition) is 2. The summed E-state index contributed by atoms with van der Waals surface area (Å²) in [5, 5.41) is 6.53. The summed E-state index contributed by atoms with van der Waals surface area (Å²) in [6.07, 6.45) is 2.44. The third-order valence-electron chi connectivity index (χ3n) is 3.60. The van der Waals surface area contributed by atoms with E-state index < -0.39 is 0 Å². The fourth-order valence-corrected chi connectivity index (χ4v) is 2.20. The minimum absolute atomic E-state index is 0.344. The topological polar surface area (TPSA) is 75.9 Å². The Morgan fingerprint density at radius 2 is 2.00 bits per heavy atom. The van der Waals surface area contributed by atoms with Crippen LogP contribution in [0.2, 0.25) is 0 Å². The maximum atomic E-state index is 11.5. The molecule has 2 rings (SSSR count). The van der Waals surface area contributed by atoms with E-state index in [-0.39, 0.29) is 5.97 Å². The molecule has 0 spiro atoms. The van der Waals surface area contributed by atoms with Crippen molar-refractivity contribution in [2.75, 3.05) is 20.2 Å². The summed E-state index contributed by atoms with van der Waals surface area (Å²) < 4.78 is 10.0. The minimum atomic E-state index is -0.344. The van der Waals surface area contributed by atoms with Gasteiger partial charge in [-0.05, 0) is 36.8 Å². The Bertz CT molecular complexity index is 734. The van der Waals surface area contributed by atoms with Crippen LogP contribution in [0, 0.1) is 0 Å². The van der Waals surface area contributed by atoms with Crippen LogP contribution in [0.15, 0.2) is 64.2 Å². The van der Waals surface area contributed by atoms with Crippen LogP contribution in [0.25, 0.3) is 0 Å². The fraction of sp³-hybridized carbons (Fsp3) is 0.300. The number of esters is 1. The van der Waals surface area contributed by atoms with Crippen LogP contribution in [0.1, 0.15) is 28.6 Å². The SMILES string of the molecule is C=C(C)CNC(=NCc1ccc(C(=O)OC)cc1)NCCc1ccco1. The first-order chi connectivity index (χ1) is 12.6. The molecule has 0 unspecified atom stereocenters. The van der Waals surface area contributed by atoms with Gasteiger partial charge in [-0.25, -0.2) is 9.79 Å². The maximum absolute atomic E-state index is 11.5. The zero-order valence-corrected chi connectivity index (χ0v) is 15.2. The van der Waals surface area contributed by atoms with Gasteiger partial charge in [0.15, 0.2) is 5.96 Å². The Morgan fingerprint density at radius 3 is 2.62 bits per heavy atom. The quantitative estimate of drug-likeness (QED) is 0.330. The monoisotopic (exact) mass is 355 g/mol. The molecule has 0 saturated carbocycles. The average Bonchev–Trinajstić information content (AvgIpc) is 3.16. The highest BCUT2D eigenvalue weighted by Crippen LogP contribution is 2.07. The zero-order valence-electron chi connectivity index (χ0n) is 15.2. The standard InChI is InChI=1S/C20H25N3O3/c1-15(2)13-22-20(21-11-10-18-5-4-12-26-18)23-14-16-6-8-17(9-7-16)19(24)25-3/h4-9,12H,1,10-11,13-14H2,2-3H3,(H2,21,22,23). The van der Waals surface area contributed by atoms with E-state index in [0.717, 1.165) is 23.3 Å². The highest BCUT2D eigenvalue weighted by Gasteiger charge is 2.05. The second-order valence-corrected chi connectivity index (χ2v) is 5.92. The molecular weight excluding hydrogens is 330 g/mol. The molecular formula is C20H25N3O3.